The molecule has 0 saturated carbocycles. The Morgan fingerprint density at radius 3 is 2.45 bits per heavy atom. The first-order valence-electron chi connectivity index (χ1n) is 9.37. The van der Waals surface area contributed by atoms with Gasteiger partial charge in [-0.3, -0.25) is 9.78 Å². The van der Waals surface area contributed by atoms with Crippen LogP contribution in [0.1, 0.15) is 21.5 Å². The minimum Gasteiger partial charge on any atom is -0.493 e. The van der Waals surface area contributed by atoms with Crippen LogP contribution in [0, 0.1) is 13.8 Å². The molecule has 1 aliphatic rings. The molecule has 4 heterocycles. The van der Waals surface area contributed by atoms with E-state index in [4.69, 9.17) is 0 Å². The number of hydrogen-bond donors (Lipinski definition) is 2. The highest BCUT2D eigenvalue weighted by molar-refractivity contribution is 5.94. The maximum atomic E-state index is 12.8. The molecule has 3 aromatic rings. The maximum absolute atomic E-state index is 12.8. The first-order valence-corrected chi connectivity index (χ1v) is 9.37. The van der Waals surface area contributed by atoms with Crippen LogP contribution < -0.4 is 10.6 Å². The van der Waals surface area contributed by atoms with E-state index in [1.165, 1.54) is 17.0 Å². The van der Waals surface area contributed by atoms with E-state index in [2.05, 4.69) is 32.8 Å². The van der Waals surface area contributed by atoms with Crippen LogP contribution in [0.25, 0.3) is 5.82 Å². The van der Waals surface area contributed by atoms with Crippen LogP contribution in [0.3, 0.4) is 0 Å². The number of rotatable bonds is 3. The van der Waals surface area contributed by atoms with Gasteiger partial charge >= 0.3 is 5.69 Å². The number of amides is 1. The number of aromatic hydroxyl groups is 1. The summed E-state index contributed by atoms with van der Waals surface area (Å²) >= 11 is 0. The first kappa shape index (κ1) is 18.7. The zero-order valence-electron chi connectivity index (χ0n) is 16.3. The molecular formula is C20H22N6O3. The van der Waals surface area contributed by atoms with E-state index in [0.717, 1.165) is 16.9 Å². The van der Waals surface area contributed by atoms with Crippen molar-refractivity contribution in [2.24, 2.45) is 0 Å². The van der Waals surface area contributed by atoms with E-state index in [-0.39, 0.29) is 11.8 Å². The molecule has 9 nitrogen and oxygen atoms in total. The maximum Gasteiger partial charge on any atom is 0.334 e. The summed E-state index contributed by atoms with van der Waals surface area (Å²) in [5, 5.41) is 9.37. The van der Waals surface area contributed by atoms with Crippen LogP contribution in [0.4, 0.5) is 5.82 Å². The van der Waals surface area contributed by atoms with E-state index < -0.39 is 5.69 Å². The Morgan fingerprint density at radius 1 is 1.10 bits per heavy atom. The SMILES string of the molecule is Cc1cnc(N2CCN(C(=O)c3ccc(-n4cc(O)[nH]c4=O)nc3)CC2)c(C)c1. The third-order valence-corrected chi connectivity index (χ3v) is 5.00. The molecule has 2 N–H and O–H groups in total. The second-order valence-corrected chi connectivity index (χ2v) is 7.15. The van der Waals surface area contributed by atoms with Crippen molar-refractivity contribution in [2.45, 2.75) is 13.8 Å². The van der Waals surface area contributed by atoms with E-state index in [0.29, 0.717) is 37.6 Å². The molecule has 1 amide bonds. The fourth-order valence-corrected chi connectivity index (χ4v) is 3.55. The van der Waals surface area contributed by atoms with Crippen molar-refractivity contribution >= 4 is 11.7 Å². The largest absolute Gasteiger partial charge is 0.493 e. The monoisotopic (exact) mass is 394 g/mol. The molecule has 0 aromatic carbocycles. The van der Waals surface area contributed by atoms with Gasteiger partial charge in [-0.1, -0.05) is 6.07 Å². The lowest BCUT2D eigenvalue weighted by Gasteiger charge is -2.36. The summed E-state index contributed by atoms with van der Waals surface area (Å²) in [7, 11) is 0. The van der Waals surface area contributed by atoms with Crippen molar-refractivity contribution in [1.29, 1.82) is 0 Å². The van der Waals surface area contributed by atoms with E-state index in [9.17, 15) is 14.7 Å². The lowest BCUT2D eigenvalue weighted by atomic mass is 10.2. The highest BCUT2D eigenvalue weighted by Gasteiger charge is 2.24. The minimum atomic E-state index is -0.495. The van der Waals surface area contributed by atoms with Crippen LogP contribution >= 0.6 is 0 Å². The second kappa shape index (κ2) is 7.42. The molecule has 0 atom stereocenters. The second-order valence-electron chi connectivity index (χ2n) is 7.15. The van der Waals surface area contributed by atoms with Gasteiger partial charge in [-0.15, -0.1) is 0 Å². The molecule has 0 spiro atoms. The summed E-state index contributed by atoms with van der Waals surface area (Å²) in [6.07, 6.45) is 4.56. The number of aromatic nitrogens is 4. The molecule has 0 bridgehead atoms. The van der Waals surface area contributed by atoms with Crippen LogP contribution in [-0.2, 0) is 0 Å². The lowest BCUT2D eigenvalue weighted by Crippen LogP contribution is -2.49. The van der Waals surface area contributed by atoms with Crippen molar-refractivity contribution < 1.29 is 9.90 Å². The number of nitrogens with one attached hydrogen (secondary N) is 1. The third-order valence-electron chi connectivity index (χ3n) is 5.00. The van der Waals surface area contributed by atoms with Gasteiger partial charge in [0.05, 0.1) is 11.8 Å². The first-order chi connectivity index (χ1) is 13.9. The molecule has 0 aliphatic carbocycles. The Bertz CT molecular complexity index is 1090. The van der Waals surface area contributed by atoms with Crippen LogP contribution in [-0.4, -0.2) is 61.6 Å². The van der Waals surface area contributed by atoms with E-state index in [1.54, 1.807) is 17.0 Å². The van der Waals surface area contributed by atoms with Gasteiger partial charge in [0, 0.05) is 38.6 Å². The van der Waals surface area contributed by atoms with Gasteiger partial charge in [-0.2, -0.15) is 0 Å². The summed E-state index contributed by atoms with van der Waals surface area (Å²) in [5.41, 5.74) is 2.23. The van der Waals surface area contributed by atoms with Crippen molar-refractivity contribution in [3.63, 3.8) is 0 Å². The summed E-state index contributed by atoms with van der Waals surface area (Å²) in [6, 6.07) is 5.33. The Kier molecular flexibility index (Phi) is 4.79. The number of H-pyrrole nitrogens is 1. The van der Waals surface area contributed by atoms with Gasteiger partial charge in [-0.05, 0) is 37.1 Å². The molecule has 0 unspecified atom stereocenters. The molecular weight excluding hydrogens is 372 g/mol. The third kappa shape index (κ3) is 3.71. The van der Waals surface area contributed by atoms with Crippen LogP contribution in [0.5, 0.6) is 5.88 Å². The summed E-state index contributed by atoms with van der Waals surface area (Å²) in [6.45, 7) is 6.70. The van der Waals surface area contributed by atoms with Gasteiger partial charge in [0.1, 0.15) is 11.6 Å². The number of anilines is 1. The number of hydrogen-bond acceptors (Lipinski definition) is 6. The van der Waals surface area contributed by atoms with Crippen molar-refractivity contribution in [3.8, 4) is 11.7 Å². The molecule has 9 heteroatoms. The number of pyridine rings is 2. The smallest absolute Gasteiger partial charge is 0.334 e. The summed E-state index contributed by atoms with van der Waals surface area (Å²) < 4.78 is 1.18. The fourth-order valence-electron chi connectivity index (χ4n) is 3.55. The van der Waals surface area contributed by atoms with Crippen molar-refractivity contribution in [2.75, 3.05) is 31.1 Å². The summed E-state index contributed by atoms with van der Waals surface area (Å²) in [5.74, 6) is 0.956. The van der Waals surface area contributed by atoms with Crippen LogP contribution in [0.15, 0.2) is 41.6 Å². The van der Waals surface area contributed by atoms with E-state index >= 15 is 0 Å². The lowest BCUT2D eigenvalue weighted by molar-refractivity contribution is 0.0746. The van der Waals surface area contributed by atoms with Crippen molar-refractivity contribution in [3.05, 3.63) is 64.0 Å². The highest BCUT2D eigenvalue weighted by atomic mass is 16.3. The van der Waals surface area contributed by atoms with Gasteiger partial charge in [0.15, 0.2) is 0 Å². The molecule has 3 aromatic heterocycles. The highest BCUT2D eigenvalue weighted by Crippen LogP contribution is 2.20. The predicted molar refractivity (Wildman–Crippen MR) is 108 cm³/mol. The molecule has 0 radical (unpaired) electrons. The quantitative estimate of drug-likeness (QED) is 0.692. The number of aromatic amines is 1. The molecule has 1 saturated heterocycles. The van der Waals surface area contributed by atoms with E-state index in [1.807, 2.05) is 13.1 Å². The Hall–Kier alpha value is -3.62. The topological polar surface area (TPSA) is 107 Å². The van der Waals surface area contributed by atoms with Gasteiger partial charge < -0.3 is 14.9 Å². The minimum absolute atomic E-state index is 0.0958. The molecule has 150 valence electrons. The van der Waals surface area contributed by atoms with Crippen LogP contribution in [0.2, 0.25) is 0 Å². The molecule has 4 rings (SSSR count). The van der Waals surface area contributed by atoms with Gasteiger partial charge in [0.25, 0.3) is 5.91 Å². The Labute approximate surface area is 167 Å². The normalized spacial score (nSPS) is 14.3. The number of piperazine rings is 1. The number of aryl methyl sites for hydroxylation is 2. The summed E-state index contributed by atoms with van der Waals surface area (Å²) in [4.78, 5) is 39.5. The Balaban J connectivity index is 1.43. The number of nitrogens with zero attached hydrogens (tertiary/aromatic N) is 5. The van der Waals surface area contributed by atoms with Gasteiger partial charge in [0.2, 0.25) is 5.88 Å². The van der Waals surface area contributed by atoms with Gasteiger partial charge in [-0.25, -0.2) is 19.3 Å². The Morgan fingerprint density at radius 2 is 1.86 bits per heavy atom. The molecule has 1 fully saturated rings. The number of imidazole rings is 1. The standard InChI is InChI=1S/C20H22N6O3/c1-13-9-14(2)18(22-10-13)24-5-7-25(8-6-24)19(28)15-3-4-16(21-11-15)26-12-17(27)23-20(26)29/h3-4,9-12,27H,5-8H2,1-2H3,(H,23,29). The fraction of sp³-hybridized carbons (Fsp3) is 0.300. The average molecular weight is 394 g/mol. The zero-order chi connectivity index (χ0) is 20.5. The average Bonchev–Trinajstić information content (AvgIpc) is 3.06. The number of carbonyl (C=O) groups is 1. The molecule has 1 aliphatic heterocycles. The predicted octanol–water partition coefficient (Wildman–Crippen LogP) is 1.24. The number of carbonyl (C=O) groups excluding carboxylic acids is 1. The van der Waals surface area contributed by atoms with Crippen molar-refractivity contribution in [1.82, 2.24) is 24.4 Å². The zero-order valence-corrected chi connectivity index (χ0v) is 16.3. The molecule has 29 heavy (non-hydrogen) atoms.